The summed E-state index contributed by atoms with van der Waals surface area (Å²) in [6.45, 7) is 5.04. The second-order valence-electron chi connectivity index (χ2n) is 5.37. The molecule has 0 N–H and O–H groups in total. The van der Waals surface area contributed by atoms with Crippen LogP contribution in [0.25, 0.3) is 23.5 Å². The first-order chi connectivity index (χ1) is 12.7. The third-order valence-corrected chi connectivity index (χ3v) is 3.78. The van der Waals surface area contributed by atoms with Gasteiger partial charge in [0.1, 0.15) is 0 Å². The van der Waals surface area contributed by atoms with Crippen LogP contribution >= 0.6 is 11.6 Å². The van der Waals surface area contributed by atoms with Crippen LogP contribution in [0.3, 0.4) is 0 Å². The van der Waals surface area contributed by atoms with Crippen LogP contribution in [0, 0.1) is 0 Å². The zero-order valence-electron chi connectivity index (χ0n) is 14.6. The highest BCUT2D eigenvalue weighted by molar-refractivity contribution is 6.30. The maximum atomic E-state index is 5.89. The van der Waals surface area contributed by atoms with Crippen molar-refractivity contribution in [2.24, 2.45) is 0 Å². The van der Waals surface area contributed by atoms with E-state index in [4.69, 9.17) is 25.6 Å². The zero-order valence-corrected chi connectivity index (χ0v) is 15.4. The minimum atomic E-state index is 0.418. The molecule has 0 saturated carbocycles. The van der Waals surface area contributed by atoms with Crippen LogP contribution in [-0.4, -0.2) is 23.4 Å². The molecule has 134 valence electrons. The zero-order chi connectivity index (χ0) is 18.4. The molecular weight excluding hydrogens is 352 g/mol. The van der Waals surface area contributed by atoms with Gasteiger partial charge in [-0.2, -0.15) is 4.98 Å². The lowest BCUT2D eigenvalue weighted by molar-refractivity contribution is 0.287. The van der Waals surface area contributed by atoms with Gasteiger partial charge in [0.25, 0.3) is 5.89 Å². The Hall–Kier alpha value is -2.79. The van der Waals surface area contributed by atoms with Crippen LogP contribution < -0.4 is 9.47 Å². The number of hydrogen-bond donors (Lipinski definition) is 0. The van der Waals surface area contributed by atoms with Crippen LogP contribution in [-0.2, 0) is 0 Å². The van der Waals surface area contributed by atoms with E-state index >= 15 is 0 Å². The predicted molar refractivity (Wildman–Crippen MR) is 102 cm³/mol. The molecule has 2 aromatic carbocycles. The Bertz CT molecular complexity index is 888. The fraction of sp³-hybridized carbons (Fsp3) is 0.200. The summed E-state index contributed by atoms with van der Waals surface area (Å²) in [5, 5.41) is 4.65. The number of rotatable bonds is 7. The van der Waals surface area contributed by atoms with Gasteiger partial charge in [-0.1, -0.05) is 22.8 Å². The molecule has 26 heavy (non-hydrogen) atoms. The van der Waals surface area contributed by atoms with Crippen molar-refractivity contribution in [3.05, 3.63) is 58.9 Å². The van der Waals surface area contributed by atoms with Crippen molar-refractivity contribution < 1.29 is 14.0 Å². The SMILES string of the molecule is CCOc1ccc(/C=C/c2nc(-c3ccc(Cl)cc3)no2)cc1OCC. The molecule has 5 nitrogen and oxygen atoms in total. The third-order valence-electron chi connectivity index (χ3n) is 3.53. The van der Waals surface area contributed by atoms with Crippen LogP contribution in [0.4, 0.5) is 0 Å². The molecule has 6 heteroatoms. The van der Waals surface area contributed by atoms with Crippen molar-refractivity contribution in [2.75, 3.05) is 13.2 Å². The Morgan fingerprint density at radius 3 is 2.42 bits per heavy atom. The van der Waals surface area contributed by atoms with E-state index in [-0.39, 0.29) is 0 Å². The van der Waals surface area contributed by atoms with Gasteiger partial charge in [0, 0.05) is 16.7 Å². The normalized spacial score (nSPS) is 11.0. The van der Waals surface area contributed by atoms with E-state index < -0.39 is 0 Å². The Kier molecular flexibility index (Phi) is 5.92. The van der Waals surface area contributed by atoms with E-state index in [2.05, 4.69) is 10.1 Å². The Morgan fingerprint density at radius 1 is 0.962 bits per heavy atom. The van der Waals surface area contributed by atoms with Gasteiger partial charge in [-0.15, -0.1) is 0 Å². The average molecular weight is 371 g/mol. The molecule has 0 atom stereocenters. The summed E-state index contributed by atoms with van der Waals surface area (Å²) in [6, 6.07) is 13.0. The predicted octanol–water partition coefficient (Wildman–Crippen LogP) is 5.36. The summed E-state index contributed by atoms with van der Waals surface area (Å²) in [5.74, 6) is 2.38. The molecule has 1 heterocycles. The highest BCUT2D eigenvalue weighted by Gasteiger charge is 2.07. The van der Waals surface area contributed by atoms with Gasteiger partial charge in [-0.3, -0.25) is 0 Å². The number of aromatic nitrogens is 2. The van der Waals surface area contributed by atoms with Crippen molar-refractivity contribution in [2.45, 2.75) is 13.8 Å². The van der Waals surface area contributed by atoms with Crippen molar-refractivity contribution in [1.82, 2.24) is 10.1 Å². The fourth-order valence-corrected chi connectivity index (χ4v) is 2.48. The van der Waals surface area contributed by atoms with Gasteiger partial charge in [0.2, 0.25) is 5.82 Å². The van der Waals surface area contributed by atoms with Crippen molar-refractivity contribution in [3.8, 4) is 22.9 Å². The summed E-state index contributed by atoms with van der Waals surface area (Å²) < 4.78 is 16.5. The maximum absolute atomic E-state index is 5.89. The van der Waals surface area contributed by atoms with Gasteiger partial charge in [-0.05, 0) is 61.9 Å². The molecule has 0 aliphatic carbocycles. The molecule has 0 bridgehead atoms. The lowest BCUT2D eigenvalue weighted by atomic mass is 10.2. The fourth-order valence-electron chi connectivity index (χ4n) is 2.36. The lowest BCUT2D eigenvalue weighted by Crippen LogP contribution is -1.98. The Balaban J connectivity index is 1.77. The first-order valence-electron chi connectivity index (χ1n) is 8.37. The van der Waals surface area contributed by atoms with Crippen LogP contribution in [0.5, 0.6) is 11.5 Å². The molecular formula is C20H19ClN2O3. The van der Waals surface area contributed by atoms with Crippen LogP contribution in [0.2, 0.25) is 5.02 Å². The molecule has 3 rings (SSSR count). The molecule has 0 fully saturated rings. The quantitative estimate of drug-likeness (QED) is 0.560. The van der Waals surface area contributed by atoms with E-state index in [1.54, 1.807) is 18.2 Å². The van der Waals surface area contributed by atoms with Crippen molar-refractivity contribution >= 4 is 23.8 Å². The highest BCUT2D eigenvalue weighted by atomic mass is 35.5. The molecule has 3 aromatic rings. The van der Waals surface area contributed by atoms with Gasteiger partial charge in [0.15, 0.2) is 11.5 Å². The average Bonchev–Trinajstić information content (AvgIpc) is 3.12. The molecule has 0 aliphatic heterocycles. The third kappa shape index (κ3) is 4.43. The van der Waals surface area contributed by atoms with Crippen LogP contribution in [0.15, 0.2) is 47.0 Å². The molecule has 0 aliphatic rings. The molecule has 0 radical (unpaired) electrons. The summed E-state index contributed by atoms with van der Waals surface area (Å²) in [5.41, 5.74) is 1.79. The summed E-state index contributed by atoms with van der Waals surface area (Å²) in [7, 11) is 0. The Labute approximate surface area is 157 Å². The van der Waals surface area contributed by atoms with Gasteiger partial charge in [0.05, 0.1) is 13.2 Å². The highest BCUT2D eigenvalue weighted by Crippen LogP contribution is 2.29. The maximum Gasteiger partial charge on any atom is 0.250 e. The first-order valence-corrected chi connectivity index (χ1v) is 8.74. The standard InChI is InChI=1S/C20H19ClN2O3/c1-3-24-17-11-5-14(13-18(17)25-4-2)6-12-19-22-20(23-26-19)15-7-9-16(21)10-8-15/h5-13H,3-4H2,1-2H3/b12-6+. The van der Waals surface area contributed by atoms with E-state index in [1.165, 1.54) is 0 Å². The minimum Gasteiger partial charge on any atom is -0.490 e. The Morgan fingerprint density at radius 2 is 1.69 bits per heavy atom. The van der Waals surface area contributed by atoms with Gasteiger partial charge in [-0.25, -0.2) is 0 Å². The van der Waals surface area contributed by atoms with Gasteiger partial charge >= 0.3 is 0 Å². The molecule has 0 saturated heterocycles. The number of hydrogen-bond acceptors (Lipinski definition) is 5. The van der Waals surface area contributed by atoms with E-state index in [0.29, 0.717) is 35.7 Å². The minimum absolute atomic E-state index is 0.418. The second kappa shape index (κ2) is 8.54. The summed E-state index contributed by atoms with van der Waals surface area (Å²) >= 11 is 5.89. The van der Waals surface area contributed by atoms with Crippen molar-refractivity contribution in [3.63, 3.8) is 0 Å². The lowest BCUT2D eigenvalue weighted by Gasteiger charge is -2.11. The number of nitrogens with zero attached hydrogens (tertiary/aromatic N) is 2. The monoisotopic (exact) mass is 370 g/mol. The van der Waals surface area contributed by atoms with E-state index in [0.717, 1.165) is 16.9 Å². The molecule has 1 aromatic heterocycles. The van der Waals surface area contributed by atoms with Gasteiger partial charge < -0.3 is 14.0 Å². The summed E-state index contributed by atoms with van der Waals surface area (Å²) in [4.78, 5) is 4.37. The van der Waals surface area contributed by atoms with E-state index in [1.807, 2.05) is 50.3 Å². The molecule has 0 spiro atoms. The molecule has 0 unspecified atom stereocenters. The topological polar surface area (TPSA) is 57.4 Å². The smallest absolute Gasteiger partial charge is 0.250 e. The van der Waals surface area contributed by atoms with E-state index in [9.17, 15) is 0 Å². The number of ether oxygens (including phenoxy) is 2. The second-order valence-corrected chi connectivity index (χ2v) is 5.81. The van der Waals surface area contributed by atoms with Crippen molar-refractivity contribution in [1.29, 1.82) is 0 Å². The first kappa shape index (κ1) is 18.0. The number of halogens is 1. The van der Waals surface area contributed by atoms with Crippen LogP contribution in [0.1, 0.15) is 25.3 Å². The largest absolute Gasteiger partial charge is 0.490 e. The molecule has 0 amide bonds. The number of benzene rings is 2. The summed E-state index contributed by atoms with van der Waals surface area (Å²) in [6.07, 6.45) is 3.65.